The predicted octanol–water partition coefficient (Wildman–Crippen LogP) is 2.60. The molecule has 2 heterocycles. The lowest BCUT2D eigenvalue weighted by molar-refractivity contribution is 0.0326. The number of aromatic amines is 1. The number of H-pyrrole nitrogens is 1. The fourth-order valence-electron chi connectivity index (χ4n) is 4.27. The van der Waals surface area contributed by atoms with E-state index in [9.17, 15) is 9.59 Å². The minimum Gasteiger partial charge on any atom is -0.350 e. The van der Waals surface area contributed by atoms with Gasteiger partial charge in [0.1, 0.15) is 5.56 Å². The Labute approximate surface area is 143 Å². The third kappa shape index (κ3) is 3.72. The molecular weight excluding hydrogens is 302 g/mol. The normalized spacial score (nSPS) is 21.4. The number of aryl methyl sites for hydroxylation is 1. The van der Waals surface area contributed by atoms with Crippen LogP contribution < -0.4 is 10.9 Å². The molecule has 2 aliphatic rings. The van der Waals surface area contributed by atoms with Crippen molar-refractivity contribution in [2.24, 2.45) is 0 Å². The van der Waals surface area contributed by atoms with Crippen LogP contribution in [-0.2, 0) is 0 Å². The van der Waals surface area contributed by atoms with Crippen molar-refractivity contribution in [3.05, 3.63) is 33.7 Å². The molecule has 2 fully saturated rings. The van der Waals surface area contributed by atoms with Gasteiger partial charge in [-0.25, -0.2) is 0 Å². The van der Waals surface area contributed by atoms with Crippen molar-refractivity contribution in [3.63, 3.8) is 0 Å². The van der Waals surface area contributed by atoms with Crippen LogP contribution >= 0.6 is 0 Å². The number of amides is 1. The maximum Gasteiger partial charge on any atom is 0.260 e. The first-order valence-electron chi connectivity index (χ1n) is 9.34. The summed E-state index contributed by atoms with van der Waals surface area (Å²) in [5.41, 5.74) is 0.771. The van der Waals surface area contributed by atoms with Gasteiger partial charge in [0.25, 0.3) is 11.5 Å². The average molecular weight is 331 g/mol. The highest BCUT2D eigenvalue weighted by atomic mass is 16.2. The summed E-state index contributed by atoms with van der Waals surface area (Å²) in [6.45, 7) is 4.75. The first-order chi connectivity index (χ1) is 11.6. The molecule has 3 rings (SSSR count). The Morgan fingerprint density at radius 1 is 1.12 bits per heavy atom. The van der Waals surface area contributed by atoms with Gasteiger partial charge < -0.3 is 10.3 Å². The van der Waals surface area contributed by atoms with E-state index in [2.05, 4.69) is 15.2 Å². The third-order valence-electron chi connectivity index (χ3n) is 5.69. The molecule has 5 heteroatoms. The summed E-state index contributed by atoms with van der Waals surface area (Å²) in [7, 11) is 0. The maximum absolute atomic E-state index is 12.5. The van der Waals surface area contributed by atoms with Crippen molar-refractivity contribution in [3.8, 4) is 0 Å². The molecule has 0 spiro atoms. The van der Waals surface area contributed by atoms with Crippen molar-refractivity contribution in [2.75, 3.05) is 19.6 Å². The number of nitrogens with zero attached hydrogens (tertiary/aromatic N) is 1. The average Bonchev–Trinajstić information content (AvgIpc) is 2.61. The maximum atomic E-state index is 12.5. The summed E-state index contributed by atoms with van der Waals surface area (Å²) in [5.74, 6) is -0.252. The molecule has 0 aromatic carbocycles. The standard InChI is InChI=1S/C19H29N3O2/c1-15-8-9-16(18(24)21-15)17(23)20-14-19(10-4-2-5-11-19)22-12-6-3-7-13-22/h8-9H,2-7,10-14H2,1H3,(H,20,23)(H,21,24). The first kappa shape index (κ1) is 17.2. The number of hydrogen-bond acceptors (Lipinski definition) is 3. The highest BCUT2D eigenvalue weighted by molar-refractivity contribution is 5.93. The topological polar surface area (TPSA) is 65.2 Å². The van der Waals surface area contributed by atoms with Crippen LogP contribution in [0, 0.1) is 6.92 Å². The van der Waals surface area contributed by atoms with E-state index in [1.807, 2.05) is 6.92 Å². The summed E-state index contributed by atoms with van der Waals surface area (Å²) >= 11 is 0. The molecule has 1 saturated heterocycles. The van der Waals surface area contributed by atoms with E-state index < -0.39 is 0 Å². The van der Waals surface area contributed by atoms with E-state index in [0.29, 0.717) is 6.54 Å². The number of aromatic nitrogens is 1. The van der Waals surface area contributed by atoms with Crippen LogP contribution in [0.15, 0.2) is 16.9 Å². The molecule has 0 atom stereocenters. The van der Waals surface area contributed by atoms with Gasteiger partial charge in [-0.2, -0.15) is 0 Å². The third-order valence-corrected chi connectivity index (χ3v) is 5.69. The van der Waals surface area contributed by atoms with E-state index >= 15 is 0 Å². The molecule has 1 aliphatic heterocycles. The summed E-state index contributed by atoms with van der Waals surface area (Å²) < 4.78 is 0. The van der Waals surface area contributed by atoms with Crippen molar-refractivity contribution in [1.29, 1.82) is 0 Å². The molecule has 2 N–H and O–H groups in total. The number of rotatable bonds is 4. The van der Waals surface area contributed by atoms with Crippen LogP contribution in [0.4, 0.5) is 0 Å². The quantitative estimate of drug-likeness (QED) is 0.891. The molecular formula is C19H29N3O2. The van der Waals surface area contributed by atoms with Crippen molar-refractivity contribution >= 4 is 5.91 Å². The van der Waals surface area contributed by atoms with Gasteiger partial charge in [-0.3, -0.25) is 14.5 Å². The molecule has 132 valence electrons. The second-order valence-corrected chi connectivity index (χ2v) is 7.40. The number of piperidine rings is 1. The van der Waals surface area contributed by atoms with Gasteiger partial charge in [0, 0.05) is 17.8 Å². The van der Waals surface area contributed by atoms with Crippen LogP contribution in [-0.4, -0.2) is 41.0 Å². The summed E-state index contributed by atoms with van der Waals surface area (Å²) in [6.07, 6.45) is 9.89. The molecule has 1 saturated carbocycles. The van der Waals surface area contributed by atoms with Crippen molar-refractivity contribution < 1.29 is 4.79 Å². The van der Waals surface area contributed by atoms with E-state index in [1.165, 1.54) is 38.5 Å². The lowest BCUT2D eigenvalue weighted by Gasteiger charge is -2.48. The zero-order valence-electron chi connectivity index (χ0n) is 14.7. The minimum atomic E-state index is -0.303. The molecule has 24 heavy (non-hydrogen) atoms. The van der Waals surface area contributed by atoms with E-state index in [4.69, 9.17) is 0 Å². The van der Waals surface area contributed by atoms with Crippen molar-refractivity contribution in [2.45, 2.75) is 63.8 Å². The van der Waals surface area contributed by atoms with Crippen LogP contribution in [0.3, 0.4) is 0 Å². The van der Waals surface area contributed by atoms with E-state index in [-0.39, 0.29) is 22.6 Å². The summed E-state index contributed by atoms with van der Waals surface area (Å²) in [6, 6.07) is 3.40. The predicted molar refractivity (Wildman–Crippen MR) is 95.4 cm³/mol. The van der Waals surface area contributed by atoms with Crippen LogP contribution in [0.2, 0.25) is 0 Å². The van der Waals surface area contributed by atoms with Crippen LogP contribution in [0.5, 0.6) is 0 Å². The number of carbonyl (C=O) groups is 1. The number of nitrogens with one attached hydrogen (secondary N) is 2. The second kappa shape index (κ2) is 7.51. The van der Waals surface area contributed by atoms with Gasteiger partial charge in [0.2, 0.25) is 0 Å². The van der Waals surface area contributed by atoms with Gasteiger partial charge in [-0.15, -0.1) is 0 Å². The van der Waals surface area contributed by atoms with E-state index in [1.54, 1.807) is 12.1 Å². The highest BCUT2D eigenvalue weighted by Crippen LogP contribution is 2.35. The van der Waals surface area contributed by atoms with Gasteiger partial charge in [0.15, 0.2) is 0 Å². The summed E-state index contributed by atoms with van der Waals surface area (Å²) in [4.78, 5) is 29.8. The molecule has 0 bridgehead atoms. The Morgan fingerprint density at radius 2 is 1.79 bits per heavy atom. The Bertz CT molecular complexity index is 626. The molecule has 0 unspecified atom stereocenters. The zero-order valence-corrected chi connectivity index (χ0v) is 14.7. The molecule has 1 aliphatic carbocycles. The SMILES string of the molecule is Cc1ccc(C(=O)NCC2(N3CCCCC3)CCCCC2)c(=O)[nH]1. The Kier molecular flexibility index (Phi) is 5.39. The van der Waals surface area contributed by atoms with Crippen molar-refractivity contribution in [1.82, 2.24) is 15.2 Å². The van der Waals surface area contributed by atoms with Gasteiger partial charge in [-0.1, -0.05) is 25.7 Å². The molecule has 1 aromatic heterocycles. The fraction of sp³-hybridized carbons (Fsp3) is 0.684. The lowest BCUT2D eigenvalue weighted by atomic mass is 9.79. The zero-order chi connectivity index (χ0) is 17.0. The highest BCUT2D eigenvalue weighted by Gasteiger charge is 2.38. The lowest BCUT2D eigenvalue weighted by Crippen LogP contribution is -2.58. The molecule has 1 amide bonds. The molecule has 5 nitrogen and oxygen atoms in total. The fourth-order valence-corrected chi connectivity index (χ4v) is 4.27. The molecule has 0 radical (unpaired) electrons. The second-order valence-electron chi connectivity index (χ2n) is 7.40. The minimum absolute atomic E-state index is 0.0891. The largest absolute Gasteiger partial charge is 0.350 e. The number of carbonyl (C=O) groups excluding carboxylic acids is 1. The number of hydrogen-bond donors (Lipinski definition) is 2. The Balaban J connectivity index is 1.71. The number of pyridine rings is 1. The van der Waals surface area contributed by atoms with E-state index in [0.717, 1.165) is 31.6 Å². The van der Waals surface area contributed by atoms with Crippen LogP contribution in [0.25, 0.3) is 0 Å². The van der Waals surface area contributed by atoms with Gasteiger partial charge in [0.05, 0.1) is 0 Å². The van der Waals surface area contributed by atoms with Gasteiger partial charge in [-0.05, 0) is 57.8 Å². The monoisotopic (exact) mass is 331 g/mol. The smallest absolute Gasteiger partial charge is 0.260 e. The Morgan fingerprint density at radius 3 is 2.46 bits per heavy atom. The van der Waals surface area contributed by atoms with Gasteiger partial charge >= 0.3 is 0 Å². The Hall–Kier alpha value is -1.62. The molecule has 1 aromatic rings. The first-order valence-corrected chi connectivity index (χ1v) is 9.34. The number of likely N-dealkylation sites (tertiary alicyclic amines) is 1. The summed E-state index contributed by atoms with van der Waals surface area (Å²) in [5, 5.41) is 3.07. The van der Waals surface area contributed by atoms with Crippen LogP contribution in [0.1, 0.15) is 67.4 Å².